The van der Waals surface area contributed by atoms with Crippen LogP contribution in [0.25, 0.3) is 0 Å². The summed E-state index contributed by atoms with van der Waals surface area (Å²) < 4.78 is 5.68. The monoisotopic (exact) mass is 173 g/mol. The highest BCUT2D eigenvalue weighted by Crippen LogP contribution is 1.79. The zero-order valence-corrected chi connectivity index (χ0v) is 7.34. The van der Waals surface area contributed by atoms with E-state index in [1.54, 1.807) is 32.7 Å². The zero-order chi connectivity index (χ0) is 8.69. The van der Waals surface area contributed by atoms with E-state index in [2.05, 4.69) is 22.1 Å². The summed E-state index contributed by atoms with van der Waals surface area (Å²) in [5, 5.41) is 4.04. The van der Waals surface area contributed by atoms with Crippen molar-refractivity contribution in [1.29, 1.82) is 0 Å². The highest BCUT2D eigenvalue weighted by molar-refractivity contribution is 7.80. The molecule has 0 radical (unpaired) electrons. The van der Waals surface area contributed by atoms with Crippen molar-refractivity contribution in [2.75, 3.05) is 14.2 Å². The Hall–Kier alpha value is -0.940. The van der Waals surface area contributed by atoms with E-state index in [1.807, 2.05) is 0 Å². The second-order valence-corrected chi connectivity index (χ2v) is 2.12. The fourth-order valence-electron chi connectivity index (χ4n) is 0.399. The molecular formula is C6H11N3OS. The van der Waals surface area contributed by atoms with Crippen LogP contribution in [-0.4, -0.2) is 29.1 Å². The Labute approximate surface area is 71.0 Å². The maximum atomic E-state index is 5.19. The van der Waals surface area contributed by atoms with Gasteiger partial charge in [0.1, 0.15) is 0 Å². The van der Waals surface area contributed by atoms with E-state index in [4.69, 9.17) is 5.73 Å². The number of aromatic nitrogens is 2. The molecule has 62 valence electrons. The minimum atomic E-state index is 0.273. The van der Waals surface area contributed by atoms with Gasteiger partial charge in [-0.05, 0) is 18.3 Å². The molecule has 0 aromatic carbocycles. The maximum Gasteiger partial charge on any atom is 0.191 e. The van der Waals surface area contributed by atoms with Crippen LogP contribution in [0.5, 0.6) is 0 Å². The van der Waals surface area contributed by atoms with Gasteiger partial charge in [0, 0.05) is 26.6 Å². The Bertz CT molecular complexity index is 198. The number of hydrogen-bond donors (Lipinski definition) is 1. The molecule has 0 atom stereocenters. The molecule has 4 nitrogen and oxygen atoms in total. The van der Waals surface area contributed by atoms with Crippen LogP contribution in [0.15, 0.2) is 18.5 Å². The van der Waals surface area contributed by atoms with Crippen molar-refractivity contribution in [2.24, 2.45) is 5.73 Å². The Morgan fingerprint density at radius 3 is 2.36 bits per heavy atom. The van der Waals surface area contributed by atoms with Crippen LogP contribution in [0.1, 0.15) is 0 Å². The van der Waals surface area contributed by atoms with E-state index >= 15 is 0 Å². The molecule has 0 saturated carbocycles. The van der Waals surface area contributed by atoms with Gasteiger partial charge in [-0.25, -0.2) is 4.68 Å². The third-order valence-electron chi connectivity index (χ3n) is 0.730. The van der Waals surface area contributed by atoms with E-state index in [9.17, 15) is 0 Å². The smallest absolute Gasteiger partial charge is 0.191 e. The van der Waals surface area contributed by atoms with Crippen molar-refractivity contribution in [2.45, 2.75) is 0 Å². The van der Waals surface area contributed by atoms with Crippen LogP contribution >= 0.6 is 12.2 Å². The third kappa shape index (κ3) is 4.46. The van der Waals surface area contributed by atoms with Gasteiger partial charge in [-0.15, -0.1) is 0 Å². The van der Waals surface area contributed by atoms with Gasteiger partial charge in [0.25, 0.3) is 0 Å². The minimum Gasteiger partial charge on any atom is -0.388 e. The normalized spacial score (nSPS) is 8.18. The summed E-state index contributed by atoms with van der Waals surface area (Å²) in [7, 11) is 3.25. The molecular weight excluding hydrogens is 162 g/mol. The molecule has 0 aliphatic carbocycles. The van der Waals surface area contributed by atoms with Crippen LogP contribution in [0.3, 0.4) is 0 Å². The Morgan fingerprint density at radius 2 is 2.18 bits per heavy atom. The quantitative estimate of drug-likeness (QED) is 0.571. The Balaban J connectivity index is 0.000000292. The predicted octanol–water partition coefficient (Wildman–Crippen LogP) is 0.237. The van der Waals surface area contributed by atoms with Gasteiger partial charge < -0.3 is 10.5 Å². The summed E-state index contributed by atoms with van der Waals surface area (Å²) in [5.74, 6) is 0. The molecule has 2 N–H and O–H groups in total. The summed E-state index contributed by atoms with van der Waals surface area (Å²) in [6.07, 6.45) is 3.32. The molecule has 1 heterocycles. The number of methoxy groups -OCH3 is 1. The average molecular weight is 173 g/mol. The highest BCUT2D eigenvalue weighted by Gasteiger charge is 1.87. The summed E-state index contributed by atoms with van der Waals surface area (Å²) in [6, 6.07) is 1.76. The van der Waals surface area contributed by atoms with Crippen LogP contribution in [0.2, 0.25) is 0 Å². The largest absolute Gasteiger partial charge is 0.388 e. The number of nitrogens with zero attached hydrogens (tertiary/aromatic N) is 2. The van der Waals surface area contributed by atoms with Gasteiger partial charge in [0.05, 0.1) is 0 Å². The van der Waals surface area contributed by atoms with Crippen molar-refractivity contribution >= 4 is 17.3 Å². The molecule has 0 amide bonds. The Morgan fingerprint density at radius 1 is 1.64 bits per heavy atom. The lowest BCUT2D eigenvalue weighted by atomic mass is 10.8. The first-order chi connectivity index (χ1) is 5.22. The third-order valence-corrected chi connectivity index (χ3v) is 0.917. The van der Waals surface area contributed by atoms with Gasteiger partial charge in [-0.1, -0.05) is 0 Å². The van der Waals surface area contributed by atoms with Crippen molar-refractivity contribution in [3.05, 3.63) is 18.5 Å². The molecule has 0 spiro atoms. The average Bonchev–Trinajstić information content (AvgIpc) is 2.38. The summed E-state index contributed by atoms with van der Waals surface area (Å²) in [4.78, 5) is 0. The van der Waals surface area contributed by atoms with Gasteiger partial charge >= 0.3 is 0 Å². The van der Waals surface area contributed by atoms with E-state index in [0.717, 1.165) is 0 Å². The SMILES string of the molecule is COC.NC(=S)n1cccn1. The van der Waals surface area contributed by atoms with Crippen LogP contribution in [-0.2, 0) is 4.74 Å². The Kier molecular flexibility index (Phi) is 5.32. The van der Waals surface area contributed by atoms with Crippen molar-refractivity contribution in [3.8, 4) is 0 Å². The molecule has 1 aromatic rings. The zero-order valence-electron chi connectivity index (χ0n) is 6.52. The molecule has 1 aromatic heterocycles. The first-order valence-corrected chi connectivity index (χ1v) is 3.32. The van der Waals surface area contributed by atoms with E-state index in [1.165, 1.54) is 4.68 Å². The first kappa shape index (κ1) is 10.1. The molecule has 0 aliphatic heterocycles. The highest BCUT2D eigenvalue weighted by atomic mass is 32.1. The van der Waals surface area contributed by atoms with Crippen molar-refractivity contribution in [3.63, 3.8) is 0 Å². The first-order valence-electron chi connectivity index (χ1n) is 2.92. The van der Waals surface area contributed by atoms with Crippen LogP contribution in [0, 0.1) is 0 Å². The standard InChI is InChI=1S/C4H5N3S.C2H6O/c5-4(8)7-3-1-2-6-7;1-3-2/h1-3H,(H2,5,8);1-2H3. The lowest BCUT2D eigenvalue weighted by Crippen LogP contribution is -2.18. The lowest BCUT2D eigenvalue weighted by Gasteiger charge is -1.91. The fourth-order valence-corrected chi connectivity index (χ4v) is 0.507. The summed E-state index contributed by atoms with van der Waals surface area (Å²) >= 11 is 4.59. The van der Waals surface area contributed by atoms with Crippen LogP contribution < -0.4 is 5.73 Å². The topological polar surface area (TPSA) is 53.1 Å². The second-order valence-electron chi connectivity index (χ2n) is 1.70. The van der Waals surface area contributed by atoms with Crippen LogP contribution in [0.4, 0.5) is 0 Å². The van der Waals surface area contributed by atoms with Gasteiger partial charge in [-0.2, -0.15) is 5.10 Å². The fraction of sp³-hybridized carbons (Fsp3) is 0.333. The van der Waals surface area contributed by atoms with Gasteiger partial charge in [0.2, 0.25) is 0 Å². The van der Waals surface area contributed by atoms with E-state index < -0.39 is 0 Å². The molecule has 1 rings (SSSR count). The molecule has 0 fully saturated rings. The van der Waals surface area contributed by atoms with E-state index in [0.29, 0.717) is 0 Å². The van der Waals surface area contributed by atoms with E-state index in [-0.39, 0.29) is 5.11 Å². The predicted molar refractivity (Wildman–Crippen MR) is 47.3 cm³/mol. The molecule has 11 heavy (non-hydrogen) atoms. The number of hydrogen-bond acceptors (Lipinski definition) is 3. The second kappa shape index (κ2) is 5.82. The number of ether oxygens (including phenoxy) is 1. The van der Waals surface area contributed by atoms with Crippen molar-refractivity contribution in [1.82, 2.24) is 9.78 Å². The molecule has 0 unspecified atom stereocenters. The maximum absolute atomic E-state index is 5.19. The summed E-state index contributed by atoms with van der Waals surface area (Å²) in [6.45, 7) is 0. The number of rotatable bonds is 0. The number of thiocarbonyl (C=S) groups is 1. The van der Waals surface area contributed by atoms with Gasteiger partial charge in [0.15, 0.2) is 5.11 Å². The summed E-state index contributed by atoms with van der Waals surface area (Å²) in [5.41, 5.74) is 5.19. The number of nitrogens with two attached hydrogens (primary N) is 1. The van der Waals surface area contributed by atoms with Crippen molar-refractivity contribution < 1.29 is 4.74 Å². The molecule has 0 saturated heterocycles. The minimum absolute atomic E-state index is 0.273. The van der Waals surface area contributed by atoms with Gasteiger partial charge in [-0.3, -0.25) is 0 Å². The molecule has 0 aliphatic rings. The lowest BCUT2D eigenvalue weighted by molar-refractivity contribution is 0.277. The molecule has 0 bridgehead atoms. The molecule has 5 heteroatoms.